The van der Waals surface area contributed by atoms with Gasteiger partial charge in [-0.3, -0.25) is 10.1 Å². The van der Waals surface area contributed by atoms with Gasteiger partial charge in [-0.15, -0.1) is 0 Å². The van der Waals surface area contributed by atoms with Gasteiger partial charge < -0.3 is 10.5 Å². The second kappa shape index (κ2) is 7.97. The lowest BCUT2D eigenvalue weighted by molar-refractivity contribution is 0.0977. The molecule has 2 aromatic rings. The van der Waals surface area contributed by atoms with Gasteiger partial charge in [-0.1, -0.05) is 29.3 Å². The highest BCUT2D eigenvalue weighted by Gasteiger charge is 2.10. The topological polar surface area (TPSA) is 64.3 Å². The summed E-state index contributed by atoms with van der Waals surface area (Å²) in [5.74, 6) is 0.206. The molecule has 0 aliphatic rings. The van der Waals surface area contributed by atoms with Crippen LogP contribution in [0.2, 0.25) is 10.0 Å². The van der Waals surface area contributed by atoms with E-state index in [4.69, 9.17) is 33.7 Å². The molecule has 4 nitrogen and oxygen atoms in total. The molecule has 1 amide bonds. The number of nitrogens with one attached hydrogen (secondary N) is 1. The highest BCUT2D eigenvalue weighted by Crippen LogP contribution is 2.28. The van der Waals surface area contributed by atoms with Crippen molar-refractivity contribution in [3.63, 3.8) is 0 Å². The fourth-order valence-electron chi connectivity index (χ4n) is 1.73. The van der Waals surface area contributed by atoms with Gasteiger partial charge in [-0.25, -0.2) is 0 Å². The van der Waals surface area contributed by atoms with Crippen molar-refractivity contribution in [2.24, 2.45) is 5.73 Å². The Morgan fingerprint density at radius 2 is 1.96 bits per heavy atom. The quantitative estimate of drug-likeness (QED) is 0.705. The summed E-state index contributed by atoms with van der Waals surface area (Å²) >= 11 is 19.8. The number of amides is 1. The molecule has 23 heavy (non-hydrogen) atoms. The van der Waals surface area contributed by atoms with Crippen LogP contribution in [0.4, 0.5) is 0 Å². The van der Waals surface area contributed by atoms with Crippen molar-refractivity contribution in [1.29, 1.82) is 0 Å². The lowest BCUT2D eigenvalue weighted by atomic mass is 10.2. The van der Waals surface area contributed by atoms with E-state index in [1.54, 1.807) is 30.3 Å². The van der Waals surface area contributed by atoms with Crippen LogP contribution in [0.25, 0.3) is 0 Å². The number of hydrogen-bond acceptors (Lipinski definition) is 3. The van der Waals surface area contributed by atoms with Crippen molar-refractivity contribution in [3.8, 4) is 5.75 Å². The van der Waals surface area contributed by atoms with Gasteiger partial charge >= 0.3 is 0 Å². The van der Waals surface area contributed by atoms with Gasteiger partial charge in [0.15, 0.2) is 5.11 Å². The molecule has 0 unspecified atom stereocenters. The minimum atomic E-state index is -0.380. The summed E-state index contributed by atoms with van der Waals surface area (Å²) in [6, 6.07) is 10.2. The molecular formula is C15H11BrCl2N2O2S. The van der Waals surface area contributed by atoms with Crippen molar-refractivity contribution >= 4 is 62.4 Å². The summed E-state index contributed by atoms with van der Waals surface area (Å²) in [5.41, 5.74) is 6.56. The van der Waals surface area contributed by atoms with Crippen molar-refractivity contribution in [3.05, 3.63) is 62.0 Å². The zero-order chi connectivity index (χ0) is 17.0. The van der Waals surface area contributed by atoms with Crippen molar-refractivity contribution in [2.75, 3.05) is 0 Å². The number of rotatable bonds is 4. The van der Waals surface area contributed by atoms with Gasteiger partial charge in [0.2, 0.25) is 0 Å². The van der Waals surface area contributed by atoms with Gasteiger partial charge in [0.25, 0.3) is 5.91 Å². The fraction of sp³-hybridized carbons (Fsp3) is 0.0667. The van der Waals surface area contributed by atoms with E-state index in [2.05, 4.69) is 33.5 Å². The lowest BCUT2D eigenvalue weighted by Gasteiger charge is -2.10. The predicted octanol–water partition coefficient (Wildman–Crippen LogP) is 4.31. The van der Waals surface area contributed by atoms with Gasteiger partial charge in [0.1, 0.15) is 12.4 Å². The number of benzene rings is 2. The van der Waals surface area contributed by atoms with Crippen LogP contribution in [0, 0.1) is 0 Å². The van der Waals surface area contributed by atoms with E-state index in [1.165, 1.54) is 0 Å². The normalized spacial score (nSPS) is 10.2. The van der Waals surface area contributed by atoms with Crippen LogP contribution >= 0.6 is 51.3 Å². The Hall–Kier alpha value is -1.34. The molecule has 0 aliphatic heterocycles. The van der Waals surface area contributed by atoms with Gasteiger partial charge in [-0.05, 0) is 64.0 Å². The van der Waals surface area contributed by atoms with Crippen molar-refractivity contribution < 1.29 is 9.53 Å². The predicted molar refractivity (Wildman–Crippen MR) is 99.2 cm³/mol. The molecule has 0 aliphatic carbocycles. The van der Waals surface area contributed by atoms with Crippen LogP contribution in [-0.4, -0.2) is 11.0 Å². The molecule has 0 fully saturated rings. The van der Waals surface area contributed by atoms with E-state index in [0.717, 1.165) is 5.56 Å². The van der Waals surface area contributed by atoms with Crippen LogP contribution in [0.15, 0.2) is 40.9 Å². The zero-order valence-electron chi connectivity index (χ0n) is 11.6. The lowest BCUT2D eigenvalue weighted by Crippen LogP contribution is -2.34. The molecular weight excluding hydrogens is 423 g/mol. The Bertz CT molecular complexity index is 771. The molecule has 0 saturated carbocycles. The smallest absolute Gasteiger partial charge is 0.257 e. The van der Waals surface area contributed by atoms with Gasteiger partial charge in [-0.2, -0.15) is 0 Å². The molecule has 0 heterocycles. The minimum absolute atomic E-state index is 0.0777. The standard InChI is InChI=1S/C15H11BrCl2N2O2S/c16-10-6-9(14(21)20-15(19)23)2-4-13(10)22-7-8-1-3-11(17)12(18)5-8/h1-6H,7H2,(H3,19,20,21,23). The minimum Gasteiger partial charge on any atom is -0.488 e. The molecule has 0 aromatic heterocycles. The van der Waals surface area contributed by atoms with E-state index in [0.29, 0.717) is 32.4 Å². The first kappa shape index (κ1) is 18.0. The highest BCUT2D eigenvalue weighted by atomic mass is 79.9. The van der Waals surface area contributed by atoms with Gasteiger partial charge in [0.05, 0.1) is 14.5 Å². The zero-order valence-corrected chi connectivity index (χ0v) is 15.5. The average molecular weight is 434 g/mol. The Morgan fingerprint density at radius 1 is 1.22 bits per heavy atom. The summed E-state index contributed by atoms with van der Waals surface area (Å²) < 4.78 is 6.34. The van der Waals surface area contributed by atoms with Gasteiger partial charge in [0, 0.05) is 5.56 Å². The summed E-state index contributed by atoms with van der Waals surface area (Å²) in [4.78, 5) is 11.8. The fourth-order valence-corrected chi connectivity index (χ4v) is 2.64. The number of hydrogen-bond donors (Lipinski definition) is 2. The first-order chi connectivity index (χ1) is 10.9. The summed E-state index contributed by atoms with van der Waals surface area (Å²) in [5, 5.41) is 3.24. The summed E-state index contributed by atoms with van der Waals surface area (Å²) in [7, 11) is 0. The van der Waals surface area contributed by atoms with E-state index < -0.39 is 0 Å². The number of ether oxygens (including phenoxy) is 1. The second-order valence-electron chi connectivity index (χ2n) is 4.50. The van der Waals surface area contributed by atoms with Crippen LogP contribution in [-0.2, 0) is 6.61 Å². The number of carbonyl (C=O) groups is 1. The highest BCUT2D eigenvalue weighted by molar-refractivity contribution is 9.10. The van der Waals surface area contributed by atoms with E-state index in [1.807, 2.05) is 6.07 Å². The van der Waals surface area contributed by atoms with Crippen LogP contribution < -0.4 is 15.8 Å². The Labute approximate surface area is 157 Å². The van der Waals surface area contributed by atoms with Crippen molar-refractivity contribution in [2.45, 2.75) is 6.61 Å². The number of halogens is 3. The van der Waals surface area contributed by atoms with E-state index in [-0.39, 0.29) is 11.0 Å². The van der Waals surface area contributed by atoms with Crippen LogP contribution in [0.5, 0.6) is 5.75 Å². The number of carbonyl (C=O) groups excluding carboxylic acids is 1. The maximum Gasteiger partial charge on any atom is 0.257 e. The number of nitrogens with two attached hydrogens (primary N) is 1. The summed E-state index contributed by atoms with van der Waals surface area (Å²) in [6.45, 7) is 0.313. The molecule has 120 valence electrons. The third-order valence-corrected chi connectivity index (χ3v) is 4.27. The average Bonchev–Trinajstić information content (AvgIpc) is 2.48. The molecule has 0 bridgehead atoms. The third-order valence-electron chi connectivity index (χ3n) is 2.81. The maximum absolute atomic E-state index is 11.8. The Balaban J connectivity index is 2.07. The molecule has 2 rings (SSSR count). The third kappa shape index (κ3) is 5.07. The summed E-state index contributed by atoms with van der Waals surface area (Å²) in [6.07, 6.45) is 0. The Kier molecular flexibility index (Phi) is 6.24. The molecule has 8 heteroatoms. The molecule has 0 spiro atoms. The molecule has 2 aromatic carbocycles. The Morgan fingerprint density at radius 3 is 2.57 bits per heavy atom. The molecule has 0 atom stereocenters. The second-order valence-corrected chi connectivity index (χ2v) is 6.61. The molecule has 0 radical (unpaired) electrons. The van der Waals surface area contributed by atoms with E-state index in [9.17, 15) is 4.79 Å². The first-order valence-corrected chi connectivity index (χ1v) is 8.29. The van der Waals surface area contributed by atoms with Crippen LogP contribution in [0.3, 0.4) is 0 Å². The monoisotopic (exact) mass is 432 g/mol. The first-order valence-electron chi connectivity index (χ1n) is 6.34. The van der Waals surface area contributed by atoms with Crippen molar-refractivity contribution in [1.82, 2.24) is 5.32 Å². The largest absolute Gasteiger partial charge is 0.488 e. The SMILES string of the molecule is NC(=S)NC(=O)c1ccc(OCc2ccc(Cl)c(Cl)c2)c(Br)c1. The molecule has 0 saturated heterocycles. The van der Waals surface area contributed by atoms with Crippen LogP contribution in [0.1, 0.15) is 15.9 Å². The molecule has 3 N–H and O–H groups in total. The maximum atomic E-state index is 11.8. The van der Waals surface area contributed by atoms with E-state index >= 15 is 0 Å². The number of thiocarbonyl (C=S) groups is 1.